The van der Waals surface area contributed by atoms with E-state index in [1.807, 2.05) is 0 Å². The zero-order valence-electron chi connectivity index (χ0n) is 6.41. The lowest BCUT2D eigenvalue weighted by molar-refractivity contribution is 0.591. The predicted molar refractivity (Wildman–Crippen MR) is 53.0 cm³/mol. The normalized spacial score (nSPS) is 11.8. The van der Waals surface area contributed by atoms with E-state index in [2.05, 4.69) is 23.3 Å². The molecule has 0 bridgehead atoms. The van der Waals surface area contributed by atoms with Crippen molar-refractivity contribution in [3.05, 3.63) is 0 Å². The lowest BCUT2D eigenvalue weighted by atomic mass is 10.3. The van der Waals surface area contributed by atoms with Gasteiger partial charge in [-0.1, -0.05) is 31.4 Å². The molecule has 6 heteroatoms. The zero-order valence-corrected chi connectivity index (χ0v) is 8.94. The number of hydrogen-bond donors (Lipinski definition) is 2. The number of thiol groups is 1. The van der Waals surface area contributed by atoms with Crippen molar-refractivity contribution >= 4 is 30.5 Å². The molecule has 0 radical (unpaired) electrons. The molecule has 0 aromatic rings. The Morgan fingerprint density at radius 3 is 2.55 bits per heavy atom. The zero-order chi connectivity index (χ0) is 8.74. The summed E-state index contributed by atoms with van der Waals surface area (Å²) in [6.45, 7) is 2.59. The quantitative estimate of drug-likeness (QED) is 0.402. The summed E-state index contributed by atoms with van der Waals surface area (Å²) in [4.78, 5) is 0. The second-order valence-electron chi connectivity index (χ2n) is 2.13. The molecule has 0 saturated carbocycles. The molecule has 0 amide bonds. The van der Waals surface area contributed by atoms with E-state index >= 15 is 0 Å². The first-order valence-electron chi connectivity index (χ1n) is 3.45. The summed E-state index contributed by atoms with van der Waals surface area (Å²) in [5.41, 5.74) is 0. The first kappa shape index (κ1) is 11.6. The van der Waals surface area contributed by atoms with E-state index in [0.717, 1.165) is 19.3 Å². The van der Waals surface area contributed by atoms with Crippen molar-refractivity contribution in [2.75, 3.05) is 6.54 Å². The van der Waals surface area contributed by atoms with E-state index in [9.17, 15) is 8.42 Å². The van der Waals surface area contributed by atoms with Crippen molar-refractivity contribution in [1.82, 2.24) is 4.72 Å². The van der Waals surface area contributed by atoms with Gasteiger partial charge in [-0.15, -0.1) is 0 Å². The van der Waals surface area contributed by atoms with Gasteiger partial charge in [0.1, 0.15) is 0 Å². The Kier molecular flexibility index (Phi) is 6.50. The molecule has 0 saturated heterocycles. The van der Waals surface area contributed by atoms with E-state index in [1.165, 1.54) is 0 Å². The fourth-order valence-electron chi connectivity index (χ4n) is 0.599. The van der Waals surface area contributed by atoms with E-state index in [0.29, 0.717) is 16.4 Å². The summed E-state index contributed by atoms with van der Waals surface area (Å²) in [6, 6.07) is 0. The number of rotatable bonds is 6. The number of hydrogen-bond acceptors (Lipinski definition) is 4. The maximum absolute atomic E-state index is 10.7. The molecule has 0 unspecified atom stereocenters. The molecule has 0 aliphatic rings. The molecule has 0 fully saturated rings. The van der Waals surface area contributed by atoms with Crippen LogP contribution in [-0.2, 0) is 9.06 Å². The Bertz CT molecular complexity index is 178. The Morgan fingerprint density at radius 1 is 1.45 bits per heavy atom. The van der Waals surface area contributed by atoms with Crippen LogP contribution < -0.4 is 4.72 Å². The summed E-state index contributed by atoms with van der Waals surface area (Å²) in [5.74, 6) is 0. The van der Waals surface area contributed by atoms with Gasteiger partial charge < -0.3 is 0 Å². The van der Waals surface area contributed by atoms with Crippen molar-refractivity contribution in [2.24, 2.45) is 0 Å². The van der Waals surface area contributed by atoms with Gasteiger partial charge in [0.25, 0.3) is 9.06 Å². The molecule has 0 rings (SSSR count). The van der Waals surface area contributed by atoms with E-state index < -0.39 is 9.06 Å². The van der Waals surface area contributed by atoms with Crippen molar-refractivity contribution in [1.29, 1.82) is 0 Å². The van der Waals surface area contributed by atoms with Crippen LogP contribution in [0.3, 0.4) is 0 Å². The molecule has 3 nitrogen and oxygen atoms in total. The molecule has 11 heavy (non-hydrogen) atoms. The monoisotopic (exact) mass is 215 g/mol. The van der Waals surface area contributed by atoms with Crippen LogP contribution in [0.25, 0.3) is 0 Å². The highest BCUT2D eigenvalue weighted by molar-refractivity contribution is 9.02. The summed E-state index contributed by atoms with van der Waals surface area (Å²) < 4.78 is 23.9. The van der Waals surface area contributed by atoms with Crippen LogP contribution in [0.5, 0.6) is 0 Å². The van der Waals surface area contributed by atoms with Crippen LogP contribution in [0, 0.1) is 0 Å². The minimum absolute atomic E-state index is 0.518. The van der Waals surface area contributed by atoms with Gasteiger partial charge in [-0.25, -0.2) is 4.72 Å². The van der Waals surface area contributed by atoms with Crippen molar-refractivity contribution < 1.29 is 8.42 Å². The van der Waals surface area contributed by atoms with Crippen LogP contribution in [-0.4, -0.2) is 15.0 Å². The number of unbranched alkanes of at least 4 members (excludes halogenated alkanes) is 2. The van der Waals surface area contributed by atoms with Gasteiger partial charge in [0.2, 0.25) is 0 Å². The highest BCUT2D eigenvalue weighted by Gasteiger charge is 2.05. The minimum Gasteiger partial charge on any atom is -0.206 e. The second kappa shape index (κ2) is 6.16. The Hall–Kier alpha value is 0.610. The van der Waals surface area contributed by atoms with Crippen molar-refractivity contribution in [3.8, 4) is 0 Å². The van der Waals surface area contributed by atoms with Crippen LogP contribution in [0.15, 0.2) is 0 Å². The molecule has 0 aliphatic carbocycles. The Balaban J connectivity index is 3.39. The van der Waals surface area contributed by atoms with Gasteiger partial charge in [-0.2, -0.15) is 8.42 Å². The smallest absolute Gasteiger partial charge is 0.206 e. The Morgan fingerprint density at radius 2 is 2.09 bits per heavy atom. The topological polar surface area (TPSA) is 46.2 Å². The van der Waals surface area contributed by atoms with E-state index in [1.54, 1.807) is 0 Å². The van der Waals surface area contributed by atoms with Gasteiger partial charge in [0, 0.05) is 16.4 Å². The molecule has 68 valence electrons. The summed E-state index contributed by atoms with van der Waals surface area (Å²) in [6.07, 6.45) is 3.04. The Labute approximate surface area is 76.6 Å². The predicted octanol–water partition coefficient (Wildman–Crippen LogP) is 1.59. The molecule has 1 N–H and O–H groups in total. The summed E-state index contributed by atoms with van der Waals surface area (Å²) in [7, 11) is -2.63. The second-order valence-corrected chi connectivity index (χ2v) is 6.58. The molecule has 0 spiro atoms. The van der Waals surface area contributed by atoms with E-state index in [4.69, 9.17) is 0 Å². The maximum Gasteiger partial charge on any atom is 0.274 e. The molecular formula is C5H13NO2S3. The lowest BCUT2D eigenvalue weighted by Gasteiger charge is -2.00. The van der Waals surface area contributed by atoms with Crippen molar-refractivity contribution in [2.45, 2.75) is 26.2 Å². The van der Waals surface area contributed by atoms with Gasteiger partial charge in [-0.05, 0) is 6.42 Å². The largest absolute Gasteiger partial charge is 0.274 e. The SMILES string of the molecule is CCCCCNS(=O)(=O)SS. The molecule has 0 atom stereocenters. The highest BCUT2D eigenvalue weighted by atomic mass is 33.5. The molecule has 0 aromatic heterocycles. The molecule has 0 heterocycles. The van der Waals surface area contributed by atoms with Gasteiger partial charge in [0.05, 0.1) is 0 Å². The van der Waals surface area contributed by atoms with Gasteiger partial charge in [-0.3, -0.25) is 0 Å². The number of nitrogens with one attached hydrogen (secondary N) is 1. The first-order valence-corrected chi connectivity index (χ1v) is 7.32. The minimum atomic E-state index is -3.17. The average molecular weight is 215 g/mol. The third-order valence-corrected chi connectivity index (χ3v) is 4.62. The highest BCUT2D eigenvalue weighted by Crippen LogP contribution is 2.13. The summed E-state index contributed by atoms with van der Waals surface area (Å²) >= 11 is 3.59. The fraction of sp³-hybridized carbons (Fsp3) is 1.00. The third kappa shape index (κ3) is 6.99. The summed E-state index contributed by atoms with van der Waals surface area (Å²) in [5, 5.41) is 0. The third-order valence-electron chi connectivity index (χ3n) is 1.16. The van der Waals surface area contributed by atoms with Crippen LogP contribution >= 0.6 is 21.5 Å². The van der Waals surface area contributed by atoms with Gasteiger partial charge in [0.15, 0.2) is 0 Å². The molecular weight excluding hydrogens is 202 g/mol. The van der Waals surface area contributed by atoms with Gasteiger partial charge >= 0.3 is 0 Å². The van der Waals surface area contributed by atoms with Crippen LogP contribution in [0.1, 0.15) is 26.2 Å². The molecule has 0 aromatic carbocycles. The molecule has 0 aliphatic heterocycles. The van der Waals surface area contributed by atoms with Crippen LogP contribution in [0.4, 0.5) is 0 Å². The average Bonchev–Trinajstić information content (AvgIpc) is 1.99. The first-order chi connectivity index (χ1) is 5.12. The maximum atomic E-state index is 10.7. The van der Waals surface area contributed by atoms with E-state index in [-0.39, 0.29) is 0 Å². The fourth-order valence-corrected chi connectivity index (χ4v) is 1.93. The standard InChI is InChI=1S/C5H13NO2S3/c1-2-3-4-5-6-11(7,8)10-9/h6,9H,2-5H2,1H3. The lowest BCUT2D eigenvalue weighted by Crippen LogP contribution is -2.20. The van der Waals surface area contributed by atoms with Crippen molar-refractivity contribution in [3.63, 3.8) is 0 Å². The van der Waals surface area contributed by atoms with Crippen LogP contribution in [0.2, 0.25) is 0 Å².